The monoisotopic (exact) mass is 435 g/mol. The van der Waals surface area contributed by atoms with E-state index in [9.17, 15) is 9.59 Å². The molecule has 0 aromatic rings. The van der Waals surface area contributed by atoms with Crippen molar-refractivity contribution < 1.29 is 42.7 Å². The number of carbonyl (C=O) groups is 2. The Bertz CT molecular complexity index is 491. The van der Waals surface area contributed by atoms with Crippen molar-refractivity contribution in [3.63, 3.8) is 0 Å². The molecule has 1 rings (SSSR count). The fraction of sp³-hybridized carbons (Fsp3) is 0.900. The molecule has 0 saturated carbocycles. The summed E-state index contributed by atoms with van der Waals surface area (Å²) in [6, 6.07) is 0. The highest BCUT2D eigenvalue weighted by Crippen LogP contribution is 2.33. The highest BCUT2D eigenvalue weighted by atomic mass is 16.7. The van der Waals surface area contributed by atoms with Gasteiger partial charge >= 0.3 is 11.9 Å². The van der Waals surface area contributed by atoms with E-state index >= 15 is 0 Å². The second-order valence-corrected chi connectivity index (χ2v) is 7.13. The fourth-order valence-corrected chi connectivity index (χ4v) is 3.01. The molecule has 0 aliphatic carbocycles. The minimum Gasteiger partial charge on any atom is -0.463 e. The van der Waals surface area contributed by atoms with Gasteiger partial charge in [-0.25, -0.2) is 0 Å². The van der Waals surface area contributed by atoms with Crippen LogP contribution in [-0.2, 0) is 42.7 Å². The number of esters is 2. The number of hydrogen-bond donors (Lipinski definition) is 1. The highest BCUT2D eigenvalue weighted by molar-refractivity contribution is 5.66. The molecule has 10 heteroatoms. The molecular formula is C20H37NO9. The van der Waals surface area contributed by atoms with E-state index in [1.165, 1.54) is 13.8 Å². The first-order valence-electron chi connectivity index (χ1n) is 10.4. The highest BCUT2D eigenvalue weighted by Gasteiger charge is 2.44. The van der Waals surface area contributed by atoms with Gasteiger partial charge in [0, 0.05) is 32.2 Å². The summed E-state index contributed by atoms with van der Waals surface area (Å²) < 4.78 is 38.3. The van der Waals surface area contributed by atoms with Gasteiger partial charge in [-0.05, 0) is 0 Å². The SMILES string of the molecule is CC(=O)OCC1OC(OCCOCCOCCOCCN)C(C)C(C)C1OC(C)=O. The average Bonchev–Trinajstić information content (AvgIpc) is 2.69. The summed E-state index contributed by atoms with van der Waals surface area (Å²) >= 11 is 0. The minimum atomic E-state index is -0.593. The van der Waals surface area contributed by atoms with E-state index in [0.717, 1.165) is 0 Å². The van der Waals surface area contributed by atoms with E-state index in [-0.39, 0.29) is 18.4 Å². The Kier molecular flexibility index (Phi) is 13.8. The lowest BCUT2D eigenvalue weighted by Crippen LogP contribution is -2.53. The molecule has 0 amide bonds. The minimum absolute atomic E-state index is 0.00691. The summed E-state index contributed by atoms with van der Waals surface area (Å²) in [5, 5.41) is 0. The summed E-state index contributed by atoms with van der Waals surface area (Å²) in [7, 11) is 0. The van der Waals surface area contributed by atoms with Gasteiger partial charge in [0.15, 0.2) is 6.29 Å². The van der Waals surface area contributed by atoms with E-state index in [0.29, 0.717) is 52.8 Å². The van der Waals surface area contributed by atoms with Crippen LogP contribution in [0.3, 0.4) is 0 Å². The molecule has 5 unspecified atom stereocenters. The molecular weight excluding hydrogens is 398 g/mol. The largest absolute Gasteiger partial charge is 0.463 e. The van der Waals surface area contributed by atoms with E-state index in [2.05, 4.69) is 0 Å². The van der Waals surface area contributed by atoms with Gasteiger partial charge in [-0.15, -0.1) is 0 Å². The number of rotatable bonds is 15. The van der Waals surface area contributed by atoms with E-state index < -0.39 is 30.4 Å². The predicted molar refractivity (Wildman–Crippen MR) is 107 cm³/mol. The Balaban J connectivity index is 2.32. The second-order valence-electron chi connectivity index (χ2n) is 7.13. The van der Waals surface area contributed by atoms with Gasteiger partial charge in [0.1, 0.15) is 18.8 Å². The van der Waals surface area contributed by atoms with Gasteiger partial charge in [0.05, 0.1) is 46.2 Å². The predicted octanol–water partition coefficient (Wildman–Crippen LogP) is 0.503. The molecule has 1 fully saturated rings. The topological polar surface area (TPSA) is 125 Å². The van der Waals surface area contributed by atoms with Crippen LogP contribution in [0.4, 0.5) is 0 Å². The smallest absolute Gasteiger partial charge is 0.303 e. The zero-order valence-electron chi connectivity index (χ0n) is 18.5. The summed E-state index contributed by atoms with van der Waals surface area (Å²) in [6.45, 7) is 10.3. The molecule has 176 valence electrons. The van der Waals surface area contributed by atoms with Crippen LogP contribution in [0.25, 0.3) is 0 Å². The molecule has 1 heterocycles. The van der Waals surface area contributed by atoms with Gasteiger partial charge in [0.2, 0.25) is 0 Å². The molecule has 0 radical (unpaired) electrons. The van der Waals surface area contributed by atoms with Crippen molar-refractivity contribution in [2.75, 3.05) is 59.4 Å². The van der Waals surface area contributed by atoms with E-state index in [1.54, 1.807) is 0 Å². The summed E-state index contributed by atoms with van der Waals surface area (Å²) in [5.41, 5.74) is 5.32. The van der Waals surface area contributed by atoms with Crippen LogP contribution in [0.2, 0.25) is 0 Å². The third-order valence-electron chi connectivity index (χ3n) is 4.72. The van der Waals surface area contributed by atoms with Gasteiger partial charge in [-0.2, -0.15) is 0 Å². The van der Waals surface area contributed by atoms with Gasteiger partial charge in [0.25, 0.3) is 0 Å². The summed E-state index contributed by atoms with van der Waals surface area (Å²) in [4.78, 5) is 22.6. The van der Waals surface area contributed by atoms with E-state index in [1.807, 2.05) is 13.8 Å². The molecule has 2 N–H and O–H groups in total. The van der Waals surface area contributed by atoms with Crippen molar-refractivity contribution in [1.29, 1.82) is 0 Å². The van der Waals surface area contributed by atoms with Crippen molar-refractivity contribution in [2.24, 2.45) is 17.6 Å². The third kappa shape index (κ3) is 10.6. The van der Waals surface area contributed by atoms with Crippen LogP contribution in [0.15, 0.2) is 0 Å². The Hall–Kier alpha value is -1.30. The molecule has 30 heavy (non-hydrogen) atoms. The van der Waals surface area contributed by atoms with E-state index in [4.69, 9.17) is 38.9 Å². The van der Waals surface area contributed by atoms with Gasteiger partial charge < -0.3 is 38.9 Å². The lowest BCUT2D eigenvalue weighted by molar-refractivity contribution is -0.275. The molecule has 5 atom stereocenters. The Morgan fingerprint density at radius 3 is 1.93 bits per heavy atom. The molecule has 10 nitrogen and oxygen atoms in total. The number of ether oxygens (including phenoxy) is 7. The average molecular weight is 436 g/mol. The molecule has 0 spiro atoms. The number of carbonyl (C=O) groups excluding carboxylic acids is 2. The van der Waals surface area contributed by atoms with Crippen LogP contribution in [0, 0.1) is 11.8 Å². The summed E-state index contributed by atoms with van der Waals surface area (Å²) in [6.07, 6.45) is -1.63. The van der Waals surface area contributed by atoms with Crippen LogP contribution >= 0.6 is 0 Å². The quantitative estimate of drug-likeness (QED) is 0.287. The number of nitrogens with two attached hydrogens (primary N) is 1. The lowest BCUT2D eigenvalue weighted by Gasteiger charge is -2.43. The van der Waals surface area contributed by atoms with Crippen LogP contribution in [0.1, 0.15) is 27.7 Å². The van der Waals surface area contributed by atoms with Crippen LogP contribution in [0.5, 0.6) is 0 Å². The number of hydrogen-bond acceptors (Lipinski definition) is 10. The molecule has 1 aliphatic heterocycles. The third-order valence-corrected chi connectivity index (χ3v) is 4.72. The first-order chi connectivity index (χ1) is 14.4. The Morgan fingerprint density at radius 2 is 1.40 bits per heavy atom. The molecule has 0 bridgehead atoms. The van der Waals surface area contributed by atoms with Crippen LogP contribution in [-0.4, -0.2) is 89.8 Å². The molecule has 0 aromatic heterocycles. The van der Waals surface area contributed by atoms with Crippen molar-refractivity contribution in [3.05, 3.63) is 0 Å². The molecule has 1 saturated heterocycles. The first kappa shape index (κ1) is 26.7. The maximum atomic E-state index is 11.5. The Morgan fingerprint density at radius 1 is 0.833 bits per heavy atom. The molecule has 1 aliphatic rings. The first-order valence-corrected chi connectivity index (χ1v) is 10.4. The van der Waals surface area contributed by atoms with Gasteiger partial charge in [-0.1, -0.05) is 13.8 Å². The zero-order chi connectivity index (χ0) is 22.4. The van der Waals surface area contributed by atoms with Gasteiger partial charge in [-0.3, -0.25) is 9.59 Å². The summed E-state index contributed by atoms with van der Waals surface area (Å²) in [5.74, 6) is -0.898. The van der Waals surface area contributed by atoms with Crippen molar-refractivity contribution in [2.45, 2.75) is 46.2 Å². The maximum Gasteiger partial charge on any atom is 0.303 e. The second kappa shape index (κ2) is 15.5. The normalized spacial score (nSPS) is 26.4. The standard InChI is InChI=1S/C20H37NO9/c1-14-15(2)20(27-12-11-26-10-9-25-8-7-24-6-5-21)30-18(13-28-16(3)22)19(14)29-17(4)23/h14-15,18-20H,5-13,21H2,1-4H3. The lowest BCUT2D eigenvalue weighted by atomic mass is 9.84. The fourth-order valence-electron chi connectivity index (χ4n) is 3.01. The molecule has 0 aromatic carbocycles. The van der Waals surface area contributed by atoms with Crippen molar-refractivity contribution in [3.8, 4) is 0 Å². The zero-order valence-corrected chi connectivity index (χ0v) is 18.5. The maximum absolute atomic E-state index is 11.5. The van der Waals surface area contributed by atoms with Crippen molar-refractivity contribution in [1.82, 2.24) is 0 Å². The van der Waals surface area contributed by atoms with Crippen LogP contribution < -0.4 is 5.73 Å². The van der Waals surface area contributed by atoms with Crippen molar-refractivity contribution >= 4 is 11.9 Å². The Labute approximate surface area is 178 Å².